The van der Waals surface area contributed by atoms with Crippen molar-refractivity contribution in [1.29, 1.82) is 1.34 Å². The van der Waals surface area contributed by atoms with Crippen LogP contribution in [0.5, 0.6) is 0 Å². The number of aliphatic hydroxyl groups is 6. The summed E-state index contributed by atoms with van der Waals surface area (Å²) in [6.07, 6.45) is 7.15. The third kappa shape index (κ3) is 36.1. The number of allylic oxidation sites excluding steroid dienone is 6. The maximum atomic E-state index is 15.0. The number of H-pyrrole nitrogens is 1. The third-order valence-corrected chi connectivity index (χ3v) is 29.0. The molecule has 0 spiro atoms. The monoisotopic (exact) mass is 2450 g/mol. The van der Waals surface area contributed by atoms with Gasteiger partial charge in [-0.05, 0) is 101 Å². The van der Waals surface area contributed by atoms with Gasteiger partial charge >= 0.3 is 55.7 Å². The predicted octanol–water partition coefficient (Wildman–Crippen LogP) is 14.2. The molecule has 10 rings (SSSR count). The Morgan fingerprint density at radius 3 is 1.34 bits per heavy atom. The fraction of sp³-hybridized carbons (Fsp3) is 0.742. The maximum absolute atomic E-state index is 15.0. The molecule has 2 radical (unpaired) electrons. The average Bonchev–Trinajstić information content (AvgIpc) is 0.775. The quantitative estimate of drug-likeness (QED) is 0.0116. The van der Waals surface area contributed by atoms with Crippen molar-refractivity contribution in [1.82, 2.24) is 27.8 Å². The molecule has 29 atom stereocenters. The molecule has 129 heavy (non-hydrogen) atoms. The standard InChI is InChI=1S/C20H33FN2O3Si.C18H29FN2O5Si.C12H15FN2O4.C10H18FIO2.C10H17FO2.C9H15FO2.C9H15FO.CH4.BH.2ClH.Hg.U.H2/c1-7-16-8-9-17(18(21)15(16)3)22-12-14(2)19(24)23(20(22)25)13-26-10-11-27(4,5)6;1-12-9-20(14-6-5-13(10-22)16(23)15(14)19)18(25)21(17(12)24)11-26-7-8-27(2,3)4;1-6-4-15(12(19)14-11(6)18)8-3-2-7(5-16)10(17)9(8)13;1-4-7-6(2)9(11)8(5-12)14-10(7)13-3;1-5-8-6(2)9(11)7(3)13-10(8)12-4;1-3-6-5(2)9(10)8(12)4-7(6)11;1-3-7-4-5-8(11)9(10)6(7)2;;;;;;;/h8-9,12,15-18H,7,10-11,13H2,1-6H3;5-6,9,13-16,22-23H,7-8,10-11H2,1-4H3;2-4,7-10,16-17H,5H2,1H3,(H,14,18,19);6-10H,4-5H2,1-3H3;6,8-10H,3,5H2,1-2,4H3;5-7,9,11H,3-4H2,1-2H3;4-9,11H,3H2,1-2H3;1H4;3*1H;;;1H/q;;;;;;;;;;;+2;;/p-2/t15-,16+,17-,18-;13-,14-,15+,16-;7-,8-,9+,10-;6-,7-,8-,9-,10+;6-,8-,9-,10+;5-,6-,7?,9-;6-,7+,8+,9-;;;;;;;/m1111111......./s1/i;;;;;;;;1D;;;;;1+1D. The van der Waals surface area contributed by atoms with Crippen LogP contribution >= 0.6 is 39.1 Å². The van der Waals surface area contributed by atoms with Crippen LogP contribution in [0.2, 0.25) is 51.4 Å². The minimum absolute atomic E-state index is 0. The zero-order valence-electron chi connectivity index (χ0n) is 81.2. The number of halogens is 10. The number of aromatic nitrogens is 6. The molecule has 3 aromatic rings. The van der Waals surface area contributed by atoms with Gasteiger partial charge in [0.15, 0.2) is 36.8 Å². The number of rotatable bonds is 23. The summed E-state index contributed by atoms with van der Waals surface area (Å²) < 4.78 is 151. The second-order valence-corrected chi connectivity index (χ2v) is 56.0. The first-order valence-electron chi connectivity index (χ1n) is 45.1. The number of ketones is 1. The van der Waals surface area contributed by atoms with Crippen LogP contribution in [0.4, 0.5) is 30.7 Å². The second-order valence-electron chi connectivity index (χ2n) is 36.0. The van der Waals surface area contributed by atoms with Gasteiger partial charge in [0.2, 0.25) is 6.29 Å². The smallest absolute Gasteiger partial charge is 0 e. The Labute approximate surface area is 822 Å². The summed E-state index contributed by atoms with van der Waals surface area (Å²) in [6.45, 7) is 40.8. The molecule has 736 valence electrons. The number of methoxy groups -OCH3 is 2. The molecule has 0 aromatic carbocycles. The fourth-order valence-corrected chi connectivity index (χ4v) is 18.3. The molecular weight excluding hydrogens is 2290 g/mol. The van der Waals surface area contributed by atoms with Gasteiger partial charge in [0.05, 0.1) is 49.7 Å². The van der Waals surface area contributed by atoms with E-state index in [0.717, 1.165) is 62.5 Å². The van der Waals surface area contributed by atoms with Crippen LogP contribution in [-0.2, 0) is 68.8 Å². The number of alkyl halides is 8. The molecule has 7 aliphatic rings. The van der Waals surface area contributed by atoms with E-state index in [-0.39, 0.29) is 166 Å². The van der Waals surface area contributed by atoms with Crippen LogP contribution < -0.4 is 33.7 Å². The van der Waals surface area contributed by atoms with Gasteiger partial charge in [-0.2, -0.15) is 0 Å². The van der Waals surface area contributed by atoms with Crippen LogP contribution in [0.1, 0.15) is 153 Å². The Balaban J connectivity index is 0. The van der Waals surface area contributed by atoms with Gasteiger partial charge < -0.3 is 59.1 Å². The van der Waals surface area contributed by atoms with Crippen LogP contribution in [0.15, 0.2) is 108 Å². The van der Waals surface area contributed by atoms with E-state index in [2.05, 4.69) is 81.8 Å². The van der Waals surface area contributed by atoms with Gasteiger partial charge in [0, 0.05) is 162 Å². The first-order chi connectivity index (χ1) is 61.0. The molecule has 1 unspecified atom stereocenters. The van der Waals surface area contributed by atoms with E-state index < -0.39 is 170 Å². The van der Waals surface area contributed by atoms with E-state index >= 15 is 4.39 Å². The van der Waals surface area contributed by atoms with Crippen molar-refractivity contribution in [3.63, 3.8) is 0 Å². The van der Waals surface area contributed by atoms with E-state index in [1.54, 1.807) is 47.1 Å². The first-order valence-corrected chi connectivity index (χ1v) is 66.0. The van der Waals surface area contributed by atoms with Crippen LogP contribution in [-0.4, -0.2) is 221 Å². The number of aromatic amines is 1. The summed E-state index contributed by atoms with van der Waals surface area (Å²) in [7, 11) is 14.4. The summed E-state index contributed by atoms with van der Waals surface area (Å²) in [6, 6.07) is -0.893. The number of aryl methyl sites for hydroxylation is 3. The molecule has 7 N–H and O–H groups in total. The summed E-state index contributed by atoms with van der Waals surface area (Å²) in [5.41, 5.74) is -2.35. The van der Waals surface area contributed by atoms with Crippen LogP contribution in [0, 0.1) is 123 Å². The molecule has 0 amide bonds. The van der Waals surface area contributed by atoms with Crippen LogP contribution in [0.3, 0.4) is 0 Å². The number of Topliss-reactive ketones (excluding diaryl/α,β-unsaturated/α-hetero) is 1. The van der Waals surface area contributed by atoms with E-state index in [9.17, 15) is 80.3 Å². The van der Waals surface area contributed by atoms with Gasteiger partial charge in [-0.15, -0.1) is 0 Å². The second kappa shape index (κ2) is 60.7. The summed E-state index contributed by atoms with van der Waals surface area (Å²) in [5.74, 6) is -1.54. The summed E-state index contributed by atoms with van der Waals surface area (Å²) in [4.78, 5) is 86.4. The molecule has 2 saturated heterocycles. The van der Waals surface area contributed by atoms with E-state index in [0.29, 0.717) is 29.1 Å². The number of nitrogens with zero attached hydrogens (tertiary/aromatic N) is 5. The zero-order chi connectivity index (χ0) is 100. The number of aliphatic hydroxyl groups excluding tert-OH is 6. The van der Waals surface area contributed by atoms with Crippen molar-refractivity contribution in [2.45, 2.75) is 305 Å². The minimum atomic E-state index is -1.77. The molecule has 3 fully saturated rings. The Hall–Kier alpha value is -2.92. The van der Waals surface area contributed by atoms with Gasteiger partial charge in [0.1, 0.15) is 49.9 Å². The molecule has 40 heteroatoms. The van der Waals surface area contributed by atoms with E-state index in [4.69, 9.17) is 59.4 Å². The maximum Gasteiger partial charge on any atom is 0 e. The molecule has 5 heterocycles. The van der Waals surface area contributed by atoms with Gasteiger partial charge in [0.25, 0.3) is 16.7 Å². The first kappa shape index (κ1) is 122. The topological polar surface area (TPSA) is 337 Å². The molecule has 0 bridgehead atoms. The third-order valence-electron chi connectivity index (χ3n) is 24.7. The summed E-state index contributed by atoms with van der Waals surface area (Å²) in [5, 5.41) is 56.4. The SMILES string of the molecule is C.C=C1O[C@H](OC)[C@H](CC)[C@@H](C)[C@H]1F.CC[C@H]1C(O)CC(=O)[C@H](F)[C@@H]1C.CC[C@H]1C=C[C@@H](n2cc(C)c(=O)n(COCC[Si](C)(C)C)c2=O)[C@H](F)[C@@H]1C.CC[C@H]1C=C[C@H](O)[C@H](F)[C@@H]1C.CC[C@H]1[C@@H](OC)O[C@H](CI)[C@H](F)[C@@H]1C.Cc1cn([C@@H]2C=C[C@H](CO)[C@@H](O)[C@H]2F)c(=O)[nH]c1=O.Cc1cn([C@@H]2C=C[C@H](CO)[C@@H](O)[C@H]2F)c(=O)n(COCC[Si](C)(C)C)c1=O.[2H][2H].[2H][B].[Cl][Hg][Cl].[U]. The molecule has 25 nitrogen and oxygen atoms in total. The van der Waals surface area contributed by atoms with E-state index in [1.165, 1.54) is 54.4 Å². The molecule has 3 aromatic heterocycles. The Morgan fingerprint density at radius 1 is 0.566 bits per heavy atom. The van der Waals surface area contributed by atoms with Gasteiger partial charge in [-0.25, -0.2) is 54.3 Å². The van der Waals surface area contributed by atoms with Crippen molar-refractivity contribution in [3.05, 3.63) is 159 Å². The molecular formula is C89H149BCl2F7HgIN6O19Si2U. The number of nitrogens with one attached hydrogen (secondary N) is 1. The van der Waals surface area contributed by atoms with Crippen molar-refractivity contribution in [2.75, 3.05) is 45.1 Å². The van der Waals surface area contributed by atoms with Crippen molar-refractivity contribution >= 4 is 69.4 Å². The van der Waals surface area contributed by atoms with Crippen molar-refractivity contribution in [2.24, 2.45) is 71.0 Å². The molecule has 2 aliphatic heterocycles. The Bertz CT molecular complexity index is 4230. The molecule has 5 aliphatic carbocycles. The Kier molecular flexibility index (Phi) is 57.5. The number of ether oxygens (including phenoxy) is 6. The summed E-state index contributed by atoms with van der Waals surface area (Å²) >= 11 is 1.02. The fourth-order valence-electron chi connectivity index (χ4n) is 16.0. The molecule has 1 saturated carbocycles. The Morgan fingerprint density at radius 2 is 0.946 bits per heavy atom. The van der Waals surface area contributed by atoms with Gasteiger partial charge in [-0.1, -0.05) is 200 Å². The van der Waals surface area contributed by atoms with Crippen molar-refractivity contribution in [3.8, 4) is 0 Å². The van der Waals surface area contributed by atoms with Crippen molar-refractivity contribution < 1.29 is 151 Å². The number of hydrogen-bond donors (Lipinski definition) is 7. The largest absolute Gasteiger partial charge is 0 e. The normalized spacial score (nSPS) is 32.1. The predicted molar refractivity (Wildman–Crippen MR) is 504 cm³/mol. The average molecular weight is 2450 g/mol. The number of carbonyl (C=O) groups excluding carboxylic acids is 1. The van der Waals surface area contributed by atoms with E-state index in [1.807, 2.05) is 74.5 Å². The zero-order valence-corrected chi connectivity index (χ0v) is 93.5. The van der Waals surface area contributed by atoms with Gasteiger partial charge in [-0.3, -0.25) is 37.9 Å². The number of carbonyl (C=O) groups is 1. The number of hydrogen-bond acceptors (Lipinski definition) is 19. The minimum Gasteiger partial charge on any atom is 0 e. The van der Waals surface area contributed by atoms with Crippen LogP contribution in [0.25, 0.3) is 0 Å².